The van der Waals surface area contributed by atoms with Gasteiger partial charge in [-0.05, 0) is 49.6 Å². The molecule has 0 bridgehead atoms. The molecule has 1 saturated heterocycles. The third-order valence-corrected chi connectivity index (χ3v) is 7.14. The fourth-order valence-corrected chi connectivity index (χ4v) is 5.43. The SMILES string of the molecule is COC1=C2C=CC=C(c3ccc(C(C)C)nc3Cl)C2NC=C1c1ccc(N2CC(C)OC(C)C2)nc1. The summed E-state index contributed by atoms with van der Waals surface area (Å²) < 4.78 is 11.8. The Kier molecular flexibility index (Phi) is 6.91. The van der Waals surface area contributed by atoms with Gasteiger partial charge in [0, 0.05) is 53.5 Å². The summed E-state index contributed by atoms with van der Waals surface area (Å²) in [6.07, 6.45) is 10.5. The molecule has 3 atom stereocenters. The van der Waals surface area contributed by atoms with E-state index in [9.17, 15) is 0 Å². The van der Waals surface area contributed by atoms with Gasteiger partial charge in [0.15, 0.2) is 0 Å². The number of pyridine rings is 2. The topological polar surface area (TPSA) is 59.5 Å². The summed E-state index contributed by atoms with van der Waals surface area (Å²) >= 11 is 6.64. The number of halogens is 1. The Bertz CT molecular complexity index is 1250. The molecule has 2 aromatic heterocycles. The molecule has 0 aromatic carbocycles. The molecular formula is C29H33ClN4O2. The maximum Gasteiger partial charge on any atom is 0.136 e. The molecular weight excluding hydrogens is 472 g/mol. The second kappa shape index (κ2) is 10.1. The van der Waals surface area contributed by atoms with Crippen LogP contribution in [0.3, 0.4) is 0 Å². The molecule has 1 aliphatic carbocycles. The molecule has 7 heteroatoms. The van der Waals surface area contributed by atoms with E-state index in [0.29, 0.717) is 11.1 Å². The smallest absolute Gasteiger partial charge is 0.136 e. The lowest BCUT2D eigenvalue weighted by atomic mass is 9.85. The fourth-order valence-electron chi connectivity index (χ4n) is 5.16. The number of dihydropyridines is 1. The molecule has 0 saturated carbocycles. The van der Waals surface area contributed by atoms with E-state index in [-0.39, 0.29) is 18.2 Å². The van der Waals surface area contributed by atoms with Crippen molar-refractivity contribution in [1.82, 2.24) is 15.3 Å². The van der Waals surface area contributed by atoms with Crippen LogP contribution in [-0.4, -0.2) is 48.4 Å². The Morgan fingerprint density at radius 2 is 1.92 bits per heavy atom. The summed E-state index contributed by atoms with van der Waals surface area (Å²) in [7, 11) is 1.72. The minimum absolute atomic E-state index is 0.0820. The first-order chi connectivity index (χ1) is 17.4. The number of hydrogen-bond donors (Lipinski definition) is 1. The van der Waals surface area contributed by atoms with Crippen molar-refractivity contribution in [3.8, 4) is 0 Å². The molecule has 3 unspecified atom stereocenters. The average molecular weight is 505 g/mol. The Morgan fingerprint density at radius 3 is 2.56 bits per heavy atom. The summed E-state index contributed by atoms with van der Waals surface area (Å²) in [5, 5.41) is 4.09. The van der Waals surface area contributed by atoms with Crippen molar-refractivity contribution in [1.29, 1.82) is 0 Å². The number of ether oxygens (including phenoxy) is 2. The molecule has 1 fully saturated rings. The number of aromatic nitrogens is 2. The van der Waals surface area contributed by atoms with Crippen LogP contribution in [-0.2, 0) is 9.47 Å². The quantitative estimate of drug-likeness (QED) is 0.524. The zero-order chi connectivity index (χ0) is 25.4. The number of fused-ring (bicyclic) bond motifs is 1. The standard InChI is InChI=1S/C29H33ClN4O2/c1-17(2)25-11-10-22(29(30)33-25)21-7-6-8-23-27(21)32-14-24(28(23)35-5)20-9-12-26(31-13-20)34-15-18(3)36-19(4)16-34/h6-14,17-19,27,32H,15-16H2,1-5H3. The number of morpholine rings is 1. The molecule has 0 radical (unpaired) electrons. The van der Waals surface area contributed by atoms with Gasteiger partial charge in [0.1, 0.15) is 16.7 Å². The number of nitrogens with zero attached hydrogens (tertiary/aromatic N) is 3. The summed E-state index contributed by atoms with van der Waals surface area (Å²) in [5.41, 5.74) is 5.99. The normalized spacial score (nSPS) is 23.8. The number of anilines is 1. The molecule has 6 nitrogen and oxygen atoms in total. The maximum absolute atomic E-state index is 6.64. The first kappa shape index (κ1) is 24.6. The van der Waals surface area contributed by atoms with Crippen molar-refractivity contribution in [3.63, 3.8) is 0 Å². The van der Waals surface area contributed by atoms with Gasteiger partial charge in [-0.3, -0.25) is 0 Å². The zero-order valence-corrected chi connectivity index (χ0v) is 22.2. The van der Waals surface area contributed by atoms with Gasteiger partial charge in [-0.15, -0.1) is 0 Å². The highest BCUT2D eigenvalue weighted by Gasteiger charge is 2.31. The molecule has 2 aromatic rings. The number of allylic oxidation sites excluding steroid dienone is 3. The van der Waals surface area contributed by atoms with Crippen molar-refractivity contribution in [2.45, 2.75) is 51.9 Å². The molecule has 36 heavy (non-hydrogen) atoms. The van der Waals surface area contributed by atoms with E-state index in [2.05, 4.69) is 79.3 Å². The molecule has 0 amide bonds. The number of methoxy groups -OCH3 is 1. The first-order valence-corrected chi connectivity index (χ1v) is 12.9. The van der Waals surface area contributed by atoms with Crippen LogP contribution in [0.4, 0.5) is 5.82 Å². The van der Waals surface area contributed by atoms with Crippen LogP contribution < -0.4 is 10.2 Å². The minimum Gasteiger partial charge on any atom is -0.496 e. The van der Waals surface area contributed by atoms with Crippen LogP contribution in [0.1, 0.15) is 50.4 Å². The van der Waals surface area contributed by atoms with Gasteiger partial charge < -0.3 is 19.7 Å². The van der Waals surface area contributed by atoms with Gasteiger partial charge in [0.25, 0.3) is 0 Å². The predicted molar refractivity (Wildman–Crippen MR) is 146 cm³/mol. The van der Waals surface area contributed by atoms with E-state index in [4.69, 9.17) is 26.1 Å². The van der Waals surface area contributed by atoms with Crippen molar-refractivity contribution in [2.75, 3.05) is 25.1 Å². The van der Waals surface area contributed by atoms with Crippen LogP contribution >= 0.6 is 11.6 Å². The molecule has 0 spiro atoms. The number of nitrogens with one attached hydrogen (secondary N) is 1. The van der Waals surface area contributed by atoms with Crippen LogP contribution in [0.2, 0.25) is 5.15 Å². The largest absolute Gasteiger partial charge is 0.496 e. The van der Waals surface area contributed by atoms with E-state index in [0.717, 1.165) is 58.2 Å². The van der Waals surface area contributed by atoms with Gasteiger partial charge in [0.05, 0.1) is 25.4 Å². The zero-order valence-electron chi connectivity index (χ0n) is 21.5. The lowest BCUT2D eigenvalue weighted by Crippen LogP contribution is -2.45. The lowest BCUT2D eigenvalue weighted by Gasteiger charge is -2.36. The van der Waals surface area contributed by atoms with Gasteiger partial charge in [-0.1, -0.05) is 43.7 Å². The Balaban J connectivity index is 1.42. The number of rotatable bonds is 5. The van der Waals surface area contributed by atoms with E-state index in [1.807, 2.05) is 18.5 Å². The monoisotopic (exact) mass is 504 g/mol. The molecule has 188 valence electrons. The molecule has 5 rings (SSSR count). The van der Waals surface area contributed by atoms with Crippen LogP contribution in [0, 0.1) is 0 Å². The van der Waals surface area contributed by atoms with Crippen LogP contribution in [0.15, 0.2) is 66.2 Å². The molecule has 3 aliphatic rings. The Labute approximate surface area is 218 Å². The van der Waals surface area contributed by atoms with Gasteiger partial charge in [-0.2, -0.15) is 0 Å². The maximum atomic E-state index is 6.64. The molecule has 2 aliphatic heterocycles. The van der Waals surface area contributed by atoms with Crippen molar-refractivity contribution in [2.24, 2.45) is 0 Å². The summed E-state index contributed by atoms with van der Waals surface area (Å²) in [4.78, 5) is 11.7. The summed E-state index contributed by atoms with van der Waals surface area (Å²) in [6.45, 7) is 10.1. The Morgan fingerprint density at radius 1 is 1.14 bits per heavy atom. The van der Waals surface area contributed by atoms with E-state index >= 15 is 0 Å². The average Bonchev–Trinajstić information content (AvgIpc) is 2.87. The third-order valence-electron chi connectivity index (χ3n) is 6.85. The second-order valence-corrected chi connectivity index (χ2v) is 10.3. The molecule has 4 heterocycles. The second-order valence-electron chi connectivity index (χ2n) is 9.92. The van der Waals surface area contributed by atoms with E-state index < -0.39 is 0 Å². The highest BCUT2D eigenvalue weighted by Crippen LogP contribution is 2.39. The summed E-state index contributed by atoms with van der Waals surface area (Å²) in [5.74, 6) is 2.11. The Hall–Kier alpha value is -3.09. The van der Waals surface area contributed by atoms with Crippen LogP contribution in [0.25, 0.3) is 11.1 Å². The number of hydrogen-bond acceptors (Lipinski definition) is 6. The minimum atomic E-state index is -0.0820. The van der Waals surface area contributed by atoms with Gasteiger partial charge in [-0.25, -0.2) is 9.97 Å². The lowest BCUT2D eigenvalue weighted by molar-refractivity contribution is -0.00545. The van der Waals surface area contributed by atoms with Crippen molar-refractivity contribution >= 4 is 28.6 Å². The van der Waals surface area contributed by atoms with Gasteiger partial charge in [0.2, 0.25) is 0 Å². The molecule has 1 N–H and O–H groups in total. The fraction of sp³-hybridized carbons (Fsp3) is 0.379. The van der Waals surface area contributed by atoms with E-state index in [1.54, 1.807) is 7.11 Å². The van der Waals surface area contributed by atoms with Crippen LogP contribution in [0.5, 0.6) is 0 Å². The predicted octanol–water partition coefficient (Wildman–Crippen LogP) is 5.73. The van der Waals surface area contributed by atoms with Crippen molar-refractivity contribution in [3.05, 3.63) is 88.2 Å². The van der Waals surface area contributed by atoms with E-state index in [1.165, 1.54) is 0 Å². The highest BCUT2D eigenvalue weighted by atomic mass is 35.5. The third kappa shape index (κ3) is 4.67. The van der Waals surface area contributed by atoms with Gasteiger partial charge >= 0.3 is 0 Å². The summed E-state index contributed by atoms with van der Waals surface area (Å²) in [6, 6.07) is 8.22. The highest BCUT2D eigenvalue weighted by molar-refractivity contribution is 6.31. The van der Waals surface area contributed by atoms with Crippen molar-refractivity contribution < 1.29 is 9.47 Å². The first-order valence-electron chi connectivity index (χ1n) is 12.5.